The molecule has 2 heterocycles. The molecule has 3 aliphatic carbocycles. The van der Waals surface area contributed by atoms with Crippen LogP contribution in [0, 0.1) is 42.9 Å². The maximum atomic E-state index is 12.9. The summed E-state index contributed by atoms with van der Waals surface area (Å²) < 4.78 is 38.3. The van der Waals surface area contributed by atoms with Gasteiger partial charge in [0.25, 0.3) is 0 Å². The largest absolute Gasteiger partial charge is 0.462 e. The Kier molecular flexibility index (Phi) is 5.09. The maximum Gasteiger partial charge on any atom is 0.309 e. The minimum absolute atomic E-state index is 0.00309. The molecule has 1 aliphatic heterocycles. The first-order valence-electron chi connectivity index (χ1n) is 10.7. The fraction of sp³-hybridized carbons (Fsp3) is 0.810. The first-order chi connectivity index (χ1) is 13.5. The van der Waals surface area contributed by atoms with Crippen molar-refractivity contribution in [3.8, 4) is 0 Å². The number of sulfonamides is 1. The van der Waals surface area contributed by atoms with Crippen LogP contribution >= 0.6 is 0 Å². The number of rotatable bonds is 4. The van der Waals surface area contributed by atoms with E-state index in [0.717, 1.165) is 6.42 Å². The van der Waals surface area contributed by atoms with Crippen molar-refractivity contribution in [3.63, 3.8) is 0 Å². The van der Waals surface area contributed by atoms with Gasteiger partial charge >= 0.3 is 5.97 Å². The highest BCUT2D eigenvalue weighted by Crippen LogP contribution is 2.61. The number of fused-ring (bicyclic) bond motifs is 2. The van der Waals surface area contributed by atoms with Crippen LogP contribution < -0.4 is 0 Å². The number of hydrogen-bond acceptors (Lipinski definition) is 6. The summed E-state index contributed by atoms with van der Waals surface area (Å²) in [6.45, 7) is 10.7. The van der Waals surface area contributed by atoms with Crippen molar-refractivity contribution in [2.24, 2.45) is 29.1 Å². The monoisotopic (exact) mass is 424 g/mol. The Labute approximate surface area is 173 Å². The van der Waals surface area contributed by atoms with Crippen LogP contribution in [0.3, 0.4) is 0 Å². The minimum Gasteiger partial charge on any atom is -0.462 e. The molecule has 7 nitrogen and oxygen atoms in total. The van der Waals surface area contributed by atoms with Crippen molar-refractivity contribution in [2.45, 2.75) is 71.3 Å². The highest BCUT2D eigenvalue weighted by Gasteiger charge is 2.57. The number of ether oxygens (including phenoxy) is 1. The van der Waals surface area contributed by atoms with E-state index in [9.17, 15) is 13.2 Å². The van der Waals surface area contributed by atoms with Gasteiger partial charge in [-0.1, -0.05) is 25.9 Å². The van der Waals surface area contributed by atoms with Crippen LogP contribution in [0.2, 0.25) is 0 Å². The molecular weight excluding hydrogens is 392 g/mol. The summed E-state index contributed by atoms with van der Waals surface area (Å²) in [4.78, 5) is 12.9. The Morgan fingerprint density at radius 3 is 2.38 bits per heavy atom. The Bertz CT molecular complexity index is 879. The van der Waals surface area contributed by atoms with Gasteiger partial charge in [0.2, 0.25) is 10.0 Å². The predicted octanol–water partition coefficient (Wildman–Crippen LogP) is 3.31. The second-order valence-corrected chi connectivity index (χ2v) is 11.6. The van der Waals surface area contributed by atoms with E-state index in [-0.39, 0.29) is 22.9 Å². The summed E-state index contributed by atoms with van der Waals surface area (Å²) >= 11 is 0. The Morgan fingerprint density at radius 2 is 1.86 bits per heavy atom. The lowest BCUT2D eigenvalue weighted by Crippen LogP contribution is -2.57. The molecule has 5 rings (SSSR count). The lowest BCUT2D eigenvalue weighted by molar-refractivity contribution is -0.190. The van der Waals surface area contributed by atoms with Crippen LogP contribution in [-0.2, 0) is 19.6 Å². The molecule has 4 fully saturated rings. The van der Waals surface area contributed by atoms with Crippen molar-refractivity contribution in [3.05, 3.63) is 11.5 Å². The van der Waals surface area contributed by atoms with Gasteiger partial charge in [-0.15, -0.1) is 0 Å². The summed E-state index contributed by atoms with van der Waals surface area (Å²) in [7, 11) is -3.65. The SMILES string of the molecule is Cc1noc(C)c1S(=O)(=O)N1CCC(C(=O)OC2CC3CC(C2C)C3(C)C)CC1. The maximum absolute atomic E-state index is 12.9. The third-order valence-corrected chi connectivity index (χ3v) is 10.0. The summed E-state index contributed by atoms with van der Waals surface area (Å²) in [5.74, 6) is 1.57. The van der Waals surface area contributed by atoms with E-state index in [1.54, 1.807) is 13.8 Å². The molecule has 4 atom stereocenters. The molecule has 1 aromatic rings. The second kappa shape index (κ2) is 7.08. The van der Waals surface area contributed by atoms with E-state index in [1.165, 1.54) is 10.7 Å². The Hall–Kier alpha value is -1.41. The zero-order valence-corrected chi connectivity index (χ0v) is 18.8. The molecule has 0 spiro atoms. The molecule has 29 heavy (non-hydrogen) atoms. The number of aromatic nitrogens is 1. The third kappa shape index (κ3) is 3.32. The minimum atomic E-state index is -3.65. The van der Waals surface area contributed by atoms with Gasteiger partial charge in [-0.05, 0) is 62.7 Å². The molecule has 0 radical (unpaired) electrons. The van der Waals surface area contributed by atoms with E-state index in [2.05, 4.69) is 25.9 Å². The lowest BCUT2D eigenvalue weighted by Gasteiger charge is -2.61. The third-order valence-electron chi connectivity index (χ3n) is 7.90. The normalized spacial score (nSPS) is 32.6. The first-order valence-corrected chi connectivity index (χ1v) is 12.1. The van der Waals surface area contributed by atoms with Crippen LogP contribution in [0.4, 0.5) is 0 Å². The number of hydrogen-bond donors (Lipinski definition) is 0. The molecule has 162 valence electrons. The Balaban J connectivity index is 1.35. The number of aryl methyl sites for hydroxylation is 2. The zero-order chi connectivity index (χ0) is 21.1. The van der Waals surface area contributed by atoms with Crippen molar-refractivity contribution in [1.29, 1.82) is 0 Å². The van der Waals surface area contributed by atoms with Gasteiger partial charge in [0.05, 0.1) is 5.92 Å². The highest BCUT2D eigenvalue weighted by atomic mass is 32.2. The quantitative estimate of drug-likeness (QED) is 0.689. The molecule has 3 saturated carbocycles. The number of carbonyl (C=O) groups is 1. The van der Waals surface area contributed by atoms with E-state index in [1.807, 2.05) is 0 Å². The molecule has 0 N–H and O–H groups in total. The summed E-state index contributed by atoms with van der Waals surface area (Å²) in [6, 6.07) is 0. The number of piperidine rings is 1. The van der Waals surface area contributed by atoms with Gasteiger partial charge in [0.15, 0.2) is 5.76 Å². The molecule has 0 amide bonds. The average molecular weight is 425 g/mol. The standard InChI is InChI=1S/C21H32N2O5S/c1-12-17-10-16(21(17,4)5)11-18(12)27-20(24)15-6-8-23(9-7-15)29(25,26)19-13(2)22-28-14(19)3/h12,15-18H,6-11H2,1-5H3. The van der Waals surface area contributed by atoms with Crippen LogP contribution in [0.25, 0.3) is 0 Å². The number of carbonyl (C=O) groups excluding carboxylic acids is 1. The van der Waals surface area contributed by atoms with Gasteiger partial charge in [0.1, 0.15) is 16.7 Å². The van der Waals surface area contributed by atoms with Crippen molar-refractivity contribution in [2.75, 3.05) is 13.1 Å². The summed E-state index contributed by atoms with van der Waals surface area (Å²) in [5.41, 5.74) is 0.733. The summed E-state index contributed by atoms with van der Waals surface area (Å²) in [5, 5.41) is 3.76. The molecule has 4 unspecified atom stereocenters. The number of esters is 1. The average Bonchev–Trinajstić information content (AvgIpc) is 3.01. The van der Waals surface area contributed by atoms with Crippen LogP contribution in [0.5, 0.6) is 0 Å². The van der Waals surface area contributed by atoms with Gasteiger partial charge in [-0.2, -0.15) is 4.31 Å². The van der Waals surface area contributed by atoms with Crippen molar-refractivity contribution >= 4 is 16.0 Å². The Morgan fingerprint density at radius 1 is 1.21 bits per heavy atom. The van der Waals surface area contributed by atoms with E-state index >= 15 is 0 Å². The second-order valence-electron chi connectivity index (χ2n) is 9.76. The molecular formula is C21H32N2O5S. The zero-order valence-electron chi connectivity index (χ0n) is 18.0. The predicted molar refractivity (Wildman–Crippen MR) is 106 cm³/mol. The molecule has 1 saturated heterocycles. The van der Waals surface area contributed by atoms with E-state index in [4.69, 9.17) is 9.26 Å². The molecule has 8 heteroatoms. The smallest absolute Gasteiger partial charge is 0.309 e. The lowest BCUT2D eigenvalue weighted by atomic mass is 9.45. The van der Waals surface area contributed by atoms with Crippen LogP contribution in [-0.4, -0.2) is 43.0 Å². The molecule has 1 aromatic heterocycles. The van der Waals surface area contributed by atoms with E-state index in [0.29, 0.717) is 60.6 Å². The van der Waals surface area contributed by atoms with Crippen molar-refractivity contribution < 1.29 is 22.5 Å². The van der Waals surface area contributed by atoms with Gasteiger partial charge in [-0.25, -0.2) is 8.42 Å². The summed E-state index contributed by atoms with van der Waals surface area (Å²) in [6.07, 6.45) is 3.18. The fourth-order valence-corrected chi connectivity index (χ4v) is 7.57. The highest BCUT2D eigenvalue weighted by molar-refractivity contribution is 7.89. The van der Waals surface area contributed by atoms with Crippen molar-refractivity contribution in [1.82, 2.24) is 9.46 Å². The van der Waals surface area contributed by atoms with Crippen LogP contribution in [0.1, 0.15) is 57.9 Å². The van der Waals surface area contributed by atoms with Gasteiger partial charge in [0, 0.05) is 13.1 Å². The van der Waals surface area contributed by atoms with Gasteiger partial charge < -0.3 is 9.26 Å². The first kappa shape index (κ1) is 20.8. The molecule has 2 bridgehead atoms. The fourth-order valence-electron chi connectivity index (χ4n) is 5.81. The molecule has 0 aromatic carbocycles. The molecule has 4 aliphatic rings. The van der Waals surface area contributed by atoms with E-state index < -0.39 is 10.0 Å². The van der Waals surface area contributed by atoms with Gasteiger partial charge in [-0.3, -0.25) is 4.79 Å². The number of nitrogens with zero attached hydrogens (tertiary/aromatic N) is 2. The van der Waals surface area contributed by atoms with Crippen LogP contribution in [0.15, 0.2) is 9.42 Å². The topological polar surface area (TPSA) is 89.7 Å².